The summed E-state index contributed by atoms with van der Waals surface area (Å²) in [7, 11) is 0. The third-order valence-corrected chi connectivity index (χ3v) is 3.57. The van der Waals surface area contributed by atoms with Crippen molar-refractivity contribution in [1.29, 1.82) is 0 Å². The van der Waals surface area contributed by atoms with Gasteiger partial charge in [-0.2, -0.15) is 0 Å². The van der Waals surface area contributed by atoms with Gasteiger partial charge in [0.15, 0.2) is 5.75 Å². The molecule has 0 saturated heterocycles. The van der Waals surface area contributed by atoms with Crippen molar-refractivity contribution >= 4 is 49.1 Å². The highest BCUT2D eigenvalue weighted by Gasteiger charge is 2.10. The van der Waals surface area contributed by atoms with Crippen molar-refractivity contribution in [3.05, 3.63) is 50.1 Å². The minimum absolute atomic E-state index is 0.0348. The number of nitrogen functional groups attached to an aromatic ring is 1. The van der Waals surface area contributed by atoms with Crippen molar-refractivity contribution in [3.8, 4) is 11.5 Å². The Hall–Kier alpha value is -0.780. The van der Waals surface area contributed by atoms with Crippen molar-refractivity contribution in [2.45, 2.75) is 0 Å². The molecule has 0 fully saturated rings. The molecule has 2 aromatic carbocycles. The lowest BCUT2D eigenvalue weighted by molar-refractivity contribution is 0.480. The van der Waals surface area contributed by atoms with Gasteiger partial charge in [-0.25, -0.2) is 4.39 Å². The van der Waals surface area contributed by atoms with Crippen LogP contribution in [0, 0.1) is 5.82 Å². The quantitative estimate of drug-likeness (QED) is 0.693. The van der Waals surface area contributed by atoms with Crippen LogP contribution in [0.5, 0.6) is 11.5 Å². The van der Waals surface area contributed by atoms with Crippen molar-refractivity contribution in [1.82, 2.24) is 0 Å². The standard InChI is InChI=1S/C12H7Br2ClFNO/c13-6-1-2-11(7(14)3-6)18-12-4-8(15)9(16)5-10(12)17/h1-5H,17H2. The number of nitrogens with two attached hydrogens (primary N) is 1. The Bertz CT molecular complexity index is 607. The number of ether oxygens (including phenoxy) is 1. The van der Waals surface area contributed by atoms with E-state index in [4.69, 9.17) is 22.1 Å². The molecule has 0 aliphatic carbocycles. The van der Waals surface area contributed by atoms with Gasteiger partial charge >= 0.3 is 0 Å². The summed E-state index contributed by atoms with van der Waals surface area (Å²) in [6.45, 7) is 0. The van der Waals surface area contributed by atoms with E-state index in [1.54, 1.807) is 6.07 Å². The van der Waals surface area contributed by atoms with Crippen LogP contribution in [0.25, 0.3) is 0 Å². The van der Waals surface area contributed by atoms with Crippen molar-refractivity contribution in [2.24, 2.45) is 0 Å². The first-order chi connectivity index (χ1) is 8.47. The van der Waals surface area contributed by atoms with Crippen molar-refractivity contribution in [2.75, 3.05) is 5.73 Å². The monoisotopic (exact) mass is 393 g/mol. The van der Waals surface area contributed by atoms with E-state index in [1.807, 2.05) is 12.1 Å². The summed E-state index contributed by atoms with van der Waals surface area (Å²) in [4.78, 5) is 0. The SMILES string of the molecule is Nc1cc(F)c(Cl)cc1Oc1ccc(Br)cc1Br. The normalized spacial score (nSPS) is 10.4. The van der Waals surface area contributed by atoms with Gasteiger partial charge in [0.05, 0.1) is 15.2 Å². The molecular weight excluding hydrogens is 388 g/mol. The maximum absolute atomic E-state index is 13.1. The lowest BCUT2D eigenvalue weighted by Gasteiger charge is -2.11. The first kappa shape index (κ1) is 13.6. The molecule has 0 aliphatic rings. The fourth-order valence-electron chi connectivity index (χ4n) is 1.31. The summed E-state index contributed by atoms with van der Waals surface area (Å²) in [5.74, 6) is 0.299. The molecule has 0 bridgehead atoms. The largest absolute Gasteiger partial charge is 0.454 e. The molecule has 0 aliphatic heterocycles. The van der Waals surface area contributed by atoms with Crippen molar-refractivity contribution < 1.29 is 9.13 Å². The maximum atomic E-state index is 13.1. The number of anilines is 1. The third kappa shape index (κ3) is 2.96. The van der Waals surface area contributed by atoms with Gasteiger partial charge in [0, 0.05) is 16.6 Å². The molecular formula is C12H7Br2ClFNO. The minimum atomic E-state index is -0.573. The van der Waals surface area contributed by atoms with Gasteiger partial charge in [-0.3, -0.25) is 0 Å². The van der Waals surface area contributed by atoms with E-state index in [0.717, 1.165) is 15.0 Å². The van der Waals surface area contributed by atoms with E-state index in [1.165, 1.54) is 6.07 Å². The van der Waals surface area contributed by atoms with Crippen LogP contribution in [-0.4, -0.2) is 0 Å². The second-order valence-corrected chi connectivity index (χ2v) is 5.66. The molecule has 2 aromatic rings. The number of hydrogen-bond acceptors (Lipinski definition) is 2. The highest BCUT2D eigenvalue weighted by atomic mass is 79.9. The number of benzene rings is 2. The molecule has 0 saturated carbocycles. The molecule has 0 heterocycles. The zero-order valence-corrected chi connectivity index (χ0v) is 12.8. The van der Waals surface area contributed by atoms with Crippen LogP contribution in [-0.2, 0) is 0 Å². The molecule has 0 spiro atoms. The summed E-state index contributed by atoms with van der Waals surface area (Å²) in [6.07, 6.45) is 0. The lowest BCUT2D eigenvalue weighted by atomic mass is 10.3. The maximum Gasteiger partial charge on any atom is 0.152 e. The van der Waals surface area contributed by atoms with E-state index in [9.17, 15) is 4.39 Å². The van der Waals surface area contributed by atoms with E-state index >= 15 is 0 Å². The van der Waals surface area contributed by atoms with Gasteiger partial charge in [0.2, 0.25) is 0 Å². The van der Waals surface area contributed by atoms with Crippen LogP contribution in [0.3, 0.4) is 0 Å². The highest BCUT2D eigenvalue weighted by Crippen LogP contribution is 2.36. The molecule has 0 amide bonds. The molecule has 2 nitrogen and oxygen atoms in total. The fraction of sp³-hybridized carbons (Fsp3) is 0. The van der Waals surface area contributed by atoms with Crippen LogP contribution < -0.4 is 10.5 Å². The van der Waals surface area contributed by atoms with Crippen molar-refractivity contribution in [3.63, 3.8) is 0 Å². The predicted octanol–water partition coefficient (Wildman–Crippen LogP) is 5.38. The number of hydrogen-bond donors (Lipinski definition) is 1. The van der Waals surface area contributed by atoms with Gasteiger partial charge < -0.3 is 10.5 Å². The van der Waals surface area contributed by atoms with E-state index in [2.05, 4.69) is 31.9 Å². The van der Waals surface area contributed by atoms with Gasteiger partial charge in [-0.05, 0) is 34.1 Å². The molecule has 94 valence electrons. The average Bonchev–Trinajstić information content (AvgIpc) is 2.29. The molecule has 6 heteroatoms. The summed E-state index contributed by atoms with van der Waals surface area (Å²) >= 11 is 12.4. The highest BCUT2D eigenvalue weighted by molar-refractivity contribution is 9.11. The molecule has 0 aromatic heterocycles. The molecule has 2 N–H and O–H groups in total. The van der Waals surface area contributed by atoms with Crippen LogP contribution in [0.2, 0.25) is 5.02 Å². The van der Waals surface area contributed by atoms with Crippen LogP contribution in [0.15, 0.2) is 39.3 Å². The Morgan fingerprint density at radius 3 is 2.50 bits per heavy atom. The zero-order valence-electron chi connectivity index (χ0n) is 8.88. The van der Waals surface area contributed by atoms with E-state index < -0.39 is 5.82 Å². The zero-order chi connectivity index (χ0) is 13.3. The Morgan fingerprint density at radius 2 is 1.83 bits per heavy atom. The van der Waals surface area contributed by atoms with Gasteiger partial charge in [0.1, 0.15) is 11.6 Å². The molecule has 2 rings (SSSR count). The Labute approximate surface area is 125 Å². The molecule has 0 atom stereocenters. The Balaban J connectivity index is 2.37. The summed E-state index contributed by atoms with van der Waals surface area (Å²) in [5, 5.41) is -0.0348. The average molecular weight is 395 g/mol. The summed E-state index contributed by atoms with van der Waals surface area (Å²) in [6, 6.07) is 7.88. The summed E-state index contributed by atoms with van der Waals surface area (Å²) < 4.78 is 20.4. The van der Waals surface area contributed by atoms with Gasteiger partial charge in [-0.1, -0.05) is 27.5 Å². The van der Waals surface area contributed by atoms with Crippen LogP contribution >= 0.6 is 43.5 Å². The van der Waals surface area contributed by atoms with E-state index in [-0.39, 0.29) is 10.7 Å². The summed E-state index contributed by atoms with van der Waals surface area (Å²) in [5.41, 5.74) is 5.86. The molecule has 18 heavy (non-hydrogen) atoms. The molecule has 0 radical (unpaired) electrons. The lowest BCUT2D eigenvalue weighted by Crippen LogP contribution is -1.94. The number of rotatable bonds is 2. The number of halogens is 4. The first-order valence-corrected chi connectivity index (χ1v) is 6.81. The minimum Gasteiger partial charge on any atom is -0.454 e. The molecule has 0 unspecified atom stereocenters. The predicted molar refractivity (Wildman–Crippen MR) is 77.7 cm³/mol. The Morgan fingerprint density at radius 1 is 1.11 bits per heavy atom. The van der Waals surface area contributed by atoms with Crippen LogP contribution in [0.1, 0.15) is 0 Å². The third-order valence-electron chi connectivity index (χ3n) is 2.17. The topological polar surface area (TPSA) is 35.2 Å². The first-order valence-electron chi connectivity index (χ1n) is 4.85. The smallest absolute Gasteiger partial charge is 0.152 e. The fourth-order valence-corrected chi connectivity index (χ4v) is 2.59. The Kier molecular flexibility index (Phi) is 4.14. The van der Waals surface area contributed by atoms with Gasteiger partial charge in [-0.15, -0.1) is 0 Å². The second-order valence-electron chi connectivity index (χ2n) is 3.48. The van der Waals surface area contributed by atoms with E-state index in [0.29, 0.717) is 11.5 Å². The second kappa shape index (κ2) is 5.47. The van der Waals surface area contributed by atoms with Crippen LogP contribution in [0.4, 0.5) is 10.1 Å². The van der Waals surface area contributed by atoms with Gasteiger partial charge in [0.25, 0.3) is 0 Å².